The molecule has 0 saturated carbocycles. The predicted octanol–water partition coefficient (Wildman–Crippen LogP) is -1.78. The average Bonchev–Trinajstić information content (AvgIpc) is 3.01. The van der Waals surface area contributed by atoms with Gasteiger partial charge >= 0.3 is 0 Å². The minimum Gasteiger partial charge on any atom is -0.394 e. The molecule has 0 radical (unpaired) electrons. The van der Waals surface area contributed by atoms with Crippen LogP contribution in [0.5, 0.6) is 0 Å². The molecule has 0 aromatic heterocycles. The van der Waals surface area contributed by atoms with Crippen LogP contribution in [0.3, 0.4) is 0 Å². The number of rotatable bonds is 5. The van der Waals surface area contributed by atoms with Crippen molar-refractivity contribution in [3.05, 3.63) is 35.9 Å². The highest BCUT2D eigenvalue weighted by atomic mass is 16.5. The minimum absolute atomic E-state index is 0.00620. The summed E-state index contributed by atoms with van der Waals surface area (Å²) in [6.07, 6.45) is 1.11. The summed E-state index contributed by atoms with van der Waals surface area (Å²) in [5.74, 6) is -4.26. The maximum Gasteiger partial charge on any atom is 0.245 e. The van der Waals surface area contributed by atoms with E-state index in [1.165, 1.54) is 11.8 Å². The minimum atomic E-state index is -1.40. The number of carbonyl (C=O) groups excluding carboxylic acids is 6. The van der Waals surface area contributed by atoms with Crippen molar-refractivity contribution >= 4 is 35.4 Å². The number of hydrogen-bond donors (Lipinski definition) is 6. The molecule has 0 unspecified atom stereocenters. The molecule has 14 nitrogen and oxygen atoms in total. The zero-order valence-electron chi connectivity index (χ0n) is 25.5. The maximum absolute atomic E-state index is 13.5. The first-order chi connectivity index (χ1) is 21.0. The highest BCUT2D eigenvalue weighted by Crippen LogP contribution is 2.18. The molecule has 4 atom stereocenters. The highest BCUT2D eigenvalue weighted by Gasteiger charge is 2.33. The van der Waals surface area contributed by atoms with E-state index in [1.54, 1.807) is 38.1 Å². The number of ether oxygens (including phenoxy) is 1. The summed E-state index contributed by atoms with van der Waals surface area (Å²) in [6.45, 7) is 4.57. The van der Waals surface area contributed by atoms with Gasteiger partial charge in [0, 0.05) is 38.6 Å². The first-order valence-electron chi connectivity index (χ1n) is 15.0. The first-order valence-corrected chi connectivity index (χ1v) is 15.0. The van der Waals surface area contributed by atoms with Crippen LogP contribution in [-0.4, -0.2) is 109 Å². The molecule has 2 aliphatic rings. The number of carbonyl (C=O) groups is 6. The molecular formula is C30H44N6O8. The summed E-state index contributed by atoms with van der Waals surface area (Å²) in [4.78, 5) is 80.4. The number of hydrogen-bond acceptors (Lipinski definition) is 8. The molecule has 14 heteroatoms. The van der Waals surface area contributed by atoms with Crippen molar-refractivity contribution in [2.45, 2.75) is 64.2 Å². The number of aliphatic hydroxyl groups is 1. The predicted molar refractivity (Wildman–Crippen MR) is 159 cm³/mol. The van der Waals surface area contributed by atoms with Crippen LogP contribution >= 0.6 is 0 Å². The van der Waals surface area contributed by atoms with Crippen molar-refractivity contribution in [3.63, 3.8) is 0 Å². The number of nitrogens with zero attached hydrogens (tertiary/aromatic N) is 1. The van der Waals surface area contributed by atoms with Crippen molar-refractivity contribution in [1.82, 2.24) is 31.5 Å². The quantitative estimate of drug-likeness (QED) is 0.223. The largest absolute Gasteiger partial charge is 0.394 e. The van der Waals surface area contributed by atoms with Gasteiger partial charge in [-0.2, -0.15) is 0 Å². The average molecular weight is 617 g/mol. The van der Waals surface area contributed by atoms with Crippen LogP contribution in [-0.2, 0) is 39.9 Å². The fraction of sp³-hybridized carbons (Fsp3) is 0.600. The lowest BCUT2D eigenvalue weighted by Crippen LogP contribution is -2.60. The SMILES string of the molecule is CC(C)[C@H]1NC(=O)CN(C(=O)C2CCOCC2)CCNC(=O)[C@@H](Cc2ccccc2)NC(=O)[C@H](CO)NC(=O)[C@H](C)NC1=O. The Labute approximate surface area is 257 Å². The molecule has 1 aromatic carbocycles. The van der Waals surface area contributed by atoms with E-state index in [2.05, 4.69) is 26.6 Å². The van der Waals surface area contributed by atoms with Gasteiger partial charge in [0.15, 0.2) is 0 Å². The summed E-state index contributed by atoms with van der Waals surface area (Å²) >= 11 is 0. The number of nitrogens with one attached hydrogen (secondary N) is 5. The third-order valence-electron chi connectivity index (χ3n) is 7.65. The molecule has 44 heavy (non-hydrogen) atoms. The van der Waals surface area contributed by atoms with Gasteiger partial charge in [0.2, 0.25) is 35.4 Å². The molecule has 2 fully saturated rings. The van der Waals surface area contributed by atoms with Crippen LogP contribution < -0.4 is 26.6 Å². The third-order valence-corrected chi connectivity index (χ3v) is 7.65. The Bertz CT molecular complexity index is 1170. The van der Waals surface area contributed by atoms with Crippen molar-refractivity contribution < 1.29 is 38.6 Å². The Hall–Kier alpha value is -4.04. The second kappa shape index (κ2) is 16.7. The van der Waals surface area contributed by atoms with Gasteiger partial charge in [0.25, 0.3) is 0 Å². The van der Waals surface area contributed by atoms with Gasteiger partial charge in [-0.25, -0.2) is 0 Å². The van der Waals surface area contributed by atoms with Gasteiger partial charge in [0.1, 0.15) is 24.2 Å². The normalized spacial score (nSPS) is 25.6. The Morgan fingerprint density at radius 3 is 2.20 bits per heavy atom. The Morgan fingerprint density at radius 1 is 0.909 bits per heavy atom. The lowest BCUT2D eigenvalue weighted by Gasteiger charge is -2.31. The van der Waals surface area contributed by atoms with Crippen molar-refractivity contribution in [2.75, 3.05) is 39.5 Å². The van der Waals surface area contributed by atoms with Gasteiger partial charge in [-0.3, -0.25) is 28.8 Å². The van der Waals surface area contributed by atoms with Crippen molar-refractivity contribution in [1.29, 1.82) is 0 Å². The molecule has 0 aliphatic carbocycles. The van der Waals surface area contributed by atoms with Crippen LogP contribution in [0.1, 0.15) is 39.2 Å². The van der Waals surface area contributed by atoms with Gasteiger partial charge < -0.3 is 41.3 Å². The molecule has 2 aliphatic heterocycles. The van der Waals surface area contributed by atoms with Crippen LogP contribution in [0.15, 0.2) is 30.3 Å². The van der Waals surface area contributed by atoms with Gasteiger partial charge in [0.05, 0.1) is 13.2 Å². The highest BCUT2D eigenvalue weighted by molar-refractivity contribution is 5.96. The third kappa shape index (κ3) is 10.0. The zero-order chi connectivity index (χ0) is 32.2. The molecule has 2 heterocycles. The van der Waals surface area contributed by atoms with Gasteiger partial charge in [-0.1, -0.05) is 44.2 Å². The number of benzene rings is 1. The lowest BCUT2D eigenvalue weighted by atomic mass is 9.98. The summed E-state index contributed by atoms with van der Waals surface area (Å²) in [7, 11) is 0. The van der Waals surface area contributed by atoms with Crippen LogP contribution in [0.25, 0.3) is 0 Å². The molecule has 2 saturated heterocycles. The Kier molecular flexibility index (Phi) is 13.1. The maximum atomic E-state index is 13.5. The molecule has 1 aromatic rings. The van der Waals surface area contributed by atoms with Crippen LogP contribution in [0, 0.1) is 11.8 Å². The van der Waals surface area contributed by atoms with E-state index in [1.807, 2.05) is 6.07 Å². The number of amides is 6. The van der Waals surface area contributed by atoms with E-state index in [-0.39, 0.29) is 43.8 Å². The zero-order valence-corrected chi connectivity index (χ0v) is 25.5. The molecule has 6 N–H and O–H groups in total. The topological polar surface area (TPSA) is 195 Å². The molecule has 6 amide bonds. The van der Waals surface area contributed by atoms with Gasteiger partial charge in [-0.15, -0.1) is 0 Å². The summed E-state index contributed by atoms with van der Waals surface area (Å²) < 4.78 is 5.37. The van der Waals surface area contributed by atoms with E-state index in [0.29, 0.717) is 26.1 Å². The summed E-state index contributed by atoms with van der Waals surface area (Å²) in [5.41, 5.74) is 0.753. The van der Waals surface area contributed by atoms with Crippen molar-refractivity contribution in [2.24, 2.45) is 11.8 Å². The van der Waals surface area contributed by atoms with E-state index in [4.69, 9.17) is 4.74 Å². The van der Waals surface area contributed by atoms with Crippen LogP contribution in [0.2, 0.25) is 0 Å². The summed E-state index contributed by atoms with van der Waals surface area (Å²) in [5, 5.41) is 22.9. The molecule has 3 rings (SSSR count). The summed E-state index contributed by atoms with van der Waals surface area (Å²) in [6, 6.07) is 4.34. The van der Waals surface area contributed by atoms with Crippen molar-refractivity contribution in [3.8, 4) is 0 Å². The standard InChI is InChI=1S/C30H44N6O8/c1-18(2)25-29(42)32-19(3)26(39)34-23(17-37)28(41)33-22(15-20-7-5-4-6-8-20)27(40)31-11-12-36(16-24(38)35-25)30(43)21-9-13-44-14-10-21/h4-8,18-19,21-23,25,37H,9-17H2,1-3H3,(H,31,40)(H,32,42)(H,33,41)(H,34,39)(H,35,38)/t19-,22+,23-,25+/m0/s1. The molecule has 242 valence electrons. The van der Waals surface area contributed by atoms with Crippen LogP contribution in [0.4, 0.5) is 0 Å². The fourth-order valence-corrected chi connectivity index (χ4v) is 5.03. The number of aliphatic hydroxyl groups excluding tert-OH is 1. The molecular weight excluding hydrogens is 572 g/mol. The Balaban J connectivity index is 1.89. The lowest BCUT2D eigenvalue weighted by molar-refractivity contribution is -0.142. The van der Waals surface area contributed by atoms with E-state index in [9.17, 15) is 33.9 Å². The van der Waals surface area contributed by atoms with E-state index >= 15 is 0 Å². The van der Waals surface area contributed by atoms with E-state index in [0.717, 1.165) is 5.56 Å². The second-order valence-corrected chi connectivity index (χ2v) is 11.5. The second-order valence-electron chi connectivity index (χ2n) is 11.5. The molecule has 0 spiro atoms. The Morgan fingerprint density at radius 2 is 1.57 bits per heavy atom. The van der Waals surface area contributed by atoms with Gasteiger partial charge in [-0.05, 0) is 31.2 Å². The fourth-order valence-electron chi connectivity index (χ4n) is 5.03. The first kappa shape index (κ1) is 34.5. The monoisotopic (exact) mass is 616 g/mol. The smallest absolute Gasteiger partial charge is 0.245 e. The van der Waals surface area contributed by atoms with E-state index < -0.39 is 60.3 Å². The molecule has 0 bridgehead atoms.